The normalized spacial score (nSPS) is 36.0. The van der Waals surface area contributed by atoms with Crippen LogP contribution < -0.4 is 0 Å². The molecule has 1 aromatic rings. The predicted molar refractivity (Wildman–Crippen MR) is 58.0 cm³/mol. The van der Waals surface area contributed by atoms with Gasteiger partial charge in [-0.05, 0) is 22.6 Å². The van der Waals surface area contributed by atoms with Crippen molar-refractivity contribution in [3.05, 3.63) is 16.0 Å². The second-order valence-corrected chi connectivity index (χ2v) is 4.61. The van der Waals surface area contributed by atoms with E-state index in [9.17, 15) is 10.2 Å². The van der Waals surface area contributed by atoms with E-state index in [1.165, 1.54) is 4.68 Å². The summed E-state index contributed by atoms with van der Waals surface area (Å²) in [6.45, 7) is -0.326. The molecule has 0 aliphatic carbocycles. The van der Waals surface area contributed by atoms with Crippen molar-refractivity contribution >= 4 is 22.6 Å². The highest BCUT2D eigenvalue weighted by atomic mass is 127. The fourth-order valence-corrected chi connectivity index (χ4v) is 1.96. The summed E-state index contributed by atoms with van der Waals surface area (Å²) in [7, 11) is 0. The standard InChI is InChI=1S/C8H11IN2O4/c9-4-1-10-11(2-4)8-7(14)6(13)5(3-12)15-8/h1-2,5-8,12-14H,3H2/t5-,6-,7-,8-/m1/s1. The largest absolute Gasteiger partial charge is 0.394 e. The van der Waals surface area contributed by atoms with Crippen LogP contribution >= 0.6 is 22.6 Å². The first kappa shape index (κ1) is 11.3. The molecule has 0 aromatic carbocycles. The average Bonchev–Trinajstić information content (AvgIpc) is 2.74. The fraction of sp³-hybridized carbons (Fsp3) is 0.625. The molecule has 0 spiro atoms. The zero-order valence-corrected chi connectivity index (χ0v) is 9.85. The van der Waals surface area contributed by atoms with Crippen LogP contribution in [0.4, 0.5) is 0 Å². The Morgan fingerprint density at radius 2 is 2.20 bits per heavy atom. The number of hydrogen-bond acceptors (Lipinski definition) is 5. The van der Waals surface area contributed by atoms with Crippen LogP contribution in [0.1, 0.15) is 6.23 Å². The van der Waals surface area contributed by atoms with Gasteiger partial charge in [0.2, 0.25) is 0 Å². The summed E-state index contributed by atoms with van der Waals surface area (Å²) >= 11 is 2.08. The van der Waals surface area contributed by atoms with E-state index >= 15 is 0 Å². The molecule has 0 unspecified atom stereocenters. The van der Waals surface area contributed by atoms with Crippen LogP contribution in [0.2, 0.25) is 0 Å². The molecule has 1 aromatic heterocycles. The van der Waals surface area contributed by atoms with Crippen LogP contribution in [-0.4, -0.2) is 50.0 Å². The second kappa shape index (κ2) is 4.34. The first-order valence-electron chi connectivity index (χ1n) is 4.45. The van der Waals surface area contributed by atoms with E-state index in [-0.39, 0.29) is 6.61 Å². The van der Waals surface area contributed by atoms with Gasteiger partial charge in [-0.15, -0.1) is 0 Å². The van der Waals surface area contributed by atoms with Crippen LogP contribution in [0.15, 0.2) is 12.4 Å². The Morgan fingerprint density at radius 1 is 1.47 bits per heavy atom. The maximum absolute atomic E-state index is 9.67. The number of ether oxygens (including phenoxy) is 1. The van der Waals surface area contributed by atoms with Crippen molar-refractivity contribution in [3.8, 4) is 0 Å². The van der Waals surface area contributed by atoms with Crippen molar-refractivity contribution in [3.63, 3.8) is 0 Å². The van der Waals surface area contributed by atoms with E-state index in [0.717, 1.165) is 3.57 Å². The number of rotatable bonds is 2. The molecule has 15 heavy (non-hydrogen) atoms. The van der Waals surface area contributed by atoms with Crippen molar-refractivity contribution in [2.24, 2.45) is 0 Å². The van der Waals surface area contributed by atoms with Gasteiger partial charge in [-0.25, -0.2) is 4.68 Å². The van der Waals surface area contributed by atoms with Crippen molar-refractivity contribution in [1.29, 1.82) is 0 Å². The van der Waals surface area contributed by atoms with Crippen molar-refractivity contribution in [2.75, 3.05) is 6.61 Å². The molecule has 2 rings (SSSR count). The Balaban J connectivity index is 2.18. The minimum Gasteiger partial charge on any atom is -0.394 e. The van der Waals surface area contributed by atoms with E-state index in [4.69, 9.17) is 9.84 Å². The third-order valence-corrected chi connectivity index (χ3v) is 2.90. The molecule has 1 aliphatic rings. The molecule has 1 saturated heterocycles. The quantitative estimate of drug-likeness (QED) is 0.613. The third-order valence-electron chi connectivity index (χ3n) is 2.35. The van der Waals surface area contributed by atoms with Crippen LogP contribution in [0, 0.1) is 3.57 Å². The maximum atomic E-state index is 9.67. The van der Waals surface area contributed by atoms with Gasteiger partial charge in [-0.2, -0.15) is 5.10 Å². The zero-order chi connectivity index (χ0) is 11.0. The van der Waals surface area contributed by atoms with Crippen LogP contribution in [0.5, 0.6) is 0 Å². The first-order valence-corrected chi connectivity index (χ1v) is 5.53. The summed E-state index contributed by atoms with van der Waals surface area (Å²) in [5, 5.41) is 32.1. The molecular weight excluding hydrogens is 315 g/mol. The van der Waals surface area contributed by atoms with Gasteiger partial charge < -0.3 is 20.1 Å². The highest BCUT2D eigenvalue weighted by Crippen LogP contribution is 2.28. The van der Waals surface area contributed by atoms with Crippen molar-refractivity contribution < 1.29 is 20.1 Å². The Hall–Kier alpha value is -0.220. The molecule has 3 N–H and O–H groups in total. The average molecular weight is 326 g/mol. The fourth-order valence-electron chi connectivity index (χ4n) is 1.55. The lowest BCUT2D eigenvalue weighted by molar-refractivity contribution is -0.0586. The Kier molecular flexibility index (Phi) is 3.26. The molecule has 1 aliphatic heterocycles. The molecule has 0 saturated carbocycles. The number of aliphatic hydroxyl groups excluding tert-OH is 3. The summed E-state index contributed by atoms with van der Waals surface area (Å²) in [6, 6.07) is 0. The lowest BCUT2D eigenvalue weighted by atomic mass is 10.1. The monoisotopic (exact) mass is 326 g/mol. The van der Waals surface area contributed by atoms with Gasteiger partial charge in [0.1, 0.15) is 18.3 Å². The molecule has 1 fully saturated rings. The smallest absolute Gasteiger partial charge is 0.179 e. The molecule has 84 valence electrons. The molecule has 2 heterocycles. The maximum Gasteiger partial charge on any atom is 0.179 e. The van der Waals surface area contributed by atoms with Gasteiger partial charge in [0.05, 0.1) is 16.4 Å². The van der Waals surface area contributed by atoms with Gasteiger partial charge >= 0.3 is 0 Å². The van der Waals surface area contributed by atoms with Crippen LogP contribution in [0.3, 0.4) is 0 Å². The van der Waals surface area contributed by atoms with Gasteiger partial charge in [-0.1, -0.05) is 0 Å². The van der Waals surface area contributed by atoms with Crippen molar-refractivity contribution in [2.45, 2.75) is 24.5 Å². The van der Waals surface area contributed by atoms with Gasteiger partial charge in [0, 0.05) is 6.20 Å². The van der Waals surface area contributed by atoms with E-state index in [1.54, 1.807) is 12.4 Å². The Morgan fingerprint density at radius 3 is 2.67 bits per heavy atom. The van der Waals surface area contributed by atoms with Gasteiger partial charge in [-0.3, -0.25) is 0 Å². The SMILES string of the molecule is OC[C@H]1O[C@@H](n2cc(I)cn2)[C@H](O)[C@@H]1O. The summed E-state index contributed by atoms with van der Waals surface area (Å²) in [4.78, 5) is 0. The molecule has 0 bridgehead atoms. The topological polar surface area (TPSA) is 87.7 Å². The summed E-state index contributed by atoms with van der Waals surface area (Å²) < 4.78 is 7.63. The van der Waals surface area contributed by atoms with E-state index in [2.05, 4.69) is 27.7 Å². The highest BCUT2D eigenvalue weighted by molar-refractivity contribution is 14.1. The van der Waals surface area contributed by atoms with Gasteiger partial charge in [0.15, 0.2) is 6.23 Å². The molecule has 6 nitrogen and oxygen atoms in total. The summed E-state index contributed by atoms with van der Waals surface area (Å²) in [6.07, 6.45) is -0.330. The second-order valence-electron chi connectivity index (χ2n) is 3.37. The third kappa shape index (κ3) is 2.02. The lowest BCUT2D eigenvalue weighted by Gasteiger charge is -2.14. The summed E-state index contributed by atoms with van der Waals surface area (Å²) in [5.41, 5.74) is 0. The first-order chi connectivity index (χ1) is 7.13. The minimum atomic E-state index is -1.08. The number of aliphatic hydroxyl groups is 3. The van der Waals surface area contributed by atoms with E-state index in [1.807, 2.05) is 0 Å². The highest BCUT2D eigenvalue weighted by Gasteiger charge is 2.43. The van der Waals surface area contributed by atoms with E-state index in [0.29, 0.717) is 0 Å². The summed E-state index contributed by atoms with van der Waals surface area (Å²) in [5.74, 6) is 0. The number of aromatic nitrogens is 2. The van der Waals surface area contributed by atoms with E-state index < -0.39 is 24.5 Å². The minimum absolute atomic E-state index is 0.326. The molecular formula is C8H11IN2O4. The lowest BCUT2D eigenvalue weighted by Crippen LogP contribution is -2.33. The van der Waals surface area contributed by atoms with Gasteiger partial charge in [0.25, 0.3) is 0 Å². The Labute approximate surface area is 99.6 Å². The molecule has 0 amide bonds. The molecule has 4 atom stereocenters. The van der Waals surface area contributed by atoms with Crippen molar-refractivity contribution in [1.82, 2.24) is 9.78 Å². The molecule has 0 radical (unpaired) electrons. The predicted octanol–water partition coefficient (Wildman–Crippen LogP) is -0.901. The number of hydrogen-bond donors (Lipinski definition) is 3. The number of nitrogens with zero attached hydrogens (tertiary/aromatic N) is 2. The van der Waals surface area contributed by atoms with Crippen LogP contribution in [0.25, 0.3) is 0 Å². The number of halogens is 1. The molecule has 7 heteroatoms. The Bertz CT molecular complexity index is 345. The van der Waals surface area contributed by atoms with Crippen LogP contribution in [-0.2, 0) is 4.74 Å². The zero-order valence-electron chi connectivity index (χ0n) is 7.69.